The Balaban J connectivity index is 2.66. The van der Waals surface area contributed by atoms with Crippen LogP contribution in [0, 0.1) is 0 Å². The van der Waals surface area contributed by atoms with Crippen LogP contribution < -0.4 is 4.84 Å². The molecule has 1 aliphatic rings. The molecule has 0 saturated carbocycles. The number of guanidine groups is 1. The van der Waals surface area contributed by atoms with Crippen LogP contribution in [0.3, 0.4) is 0 Å². The van der Waals surface area contributed by atoms with Gasteiger partial charge in [0.25, 0.3) is 5.91 Å². The minimum absolute atomic E-state index is 0.0434. The monoisotopic (exact) mass is 147 g/mol. The summed E-state index contributed by atoms with van der Waals surface area (Å²) < 4.78 is 0. The number of hydrogen-bond acceptors (Lipinski definition) is 3. The lowest BCUT2D eigenvalue weighted by atomic mass is 10.6. The Morgan fingerprint density at radius 3 is 2.78 bits per heavy atom. The lowest BCUT2D eigenvalue weighted by Crippen LogP contribution is -2.33. The number of aliphatic imine (C=N–C) groups is 1. The normalized spacial score (nSPS) is 18.2. The van der Waals surface area contributed by atoms with E-state index in [0.29, 0.717) is 5.96 Å². The van der Waals surface area contributed by atoms with Gasteiger partial charge in [0.1, 0.15) is 6.54 Å². The average molecular weight is 148 g/mol. The predicted octanol–water partition coefficient (Wildman–Crippen LogP) is -0.442. The number of nitrogens with one attached hydrogen (secondary N) is 1. The fourth-order valence-corrected chi connectivity index (χ4v) is 0.753. The van der Waals surface area contributed by atoms with Crippen LogP contribution >= 0.6 is 11.8 Å². The zero-order valence-corrected chi connectivity index (χ0v) is 5.64. The van der Waals surface area contributed by atoms with E-state index >= 15 is 0 Å². The maximum Gasteiger partial charge on any atom is 0.250 e. The van der Waals surface area contributed by atoms with Crippen LogP contribution in [0.5, 0.6) is 0 Å². The van der Waals surface area contributed by atoms with E-state index in [4.69, 9.17) is 11.8 Å². The Bertz CT molecular complexity index is 167. The van der Waals surface area contributed by atoms with E-state index in [1.54, 1.807) is 7.05 Å². The molecule has 5 heteroatoms. The molecule has 0 radical (unpaired) electrons. The van der Waals surface area contributed by atoms with Crippen molar-refractivity contribution in [1.29, 1.82) is 0 Å². The standard InChI is InChI=1S/C4H6ClN3O/c1-8-3(9)2-6-4(8)7-5/h2H2,1H3,(H,6,7). The molecule has 0 aromatic rings. The fourth-order valence-electron chi connectivity index (χ4n) is 0.566. The third kappa shape index (κ3) is 0.977. The van der Waals surface area contributed by atoms with E-state index in [0.717, 1.165) is 0 Å². The van der Waals surface area contributed by atoms with Crippen LogP contribution in [0.1, 0.15) is 0 Å². The Hall–Kier alpha value is -0.770. The average Bonchev–Trinajstić information content (AvgIpc) is 2.15. The Morgan fingerprint density at radius 2 is 2.56 bits per heavy atom. The van der Waals surface area contributed by atoms with Crippen LogP contribution in [-0.2, 0) is 4.79 Å². The first-order chi connectivity index (χ1) is 4.25. The molecule has 1 aliphatic heterocycles. The summed E-state index contributed by atoms with van der Waals surface area (Å²) in [5, 5.41) is 0. The molecular formula is C4H6ClN3O. The summed E-state index contributed by atoms with van der Waals surface area (Å²) in [6, 6.07) is 0. The molecular weight excluding hydrogens is 142 g/mol. The first-order valence-corrected chi connectivity index (χ1v) is 2.81. The van der Waals surface area contributed by atoms with Gasteiger partial charge in [0.15, 0.2) is 0 Å². The highest BCUT2D eigenvalue weighted by Gasteiger charge is 2.19. The molecule has 1 heterocycles. The molecule has 1 N–H and O–H groups in total. The van der Waals surface area contributed by atoms with E-state index in [-0.39, 0.29) is 12.5 Å². The molecule has 0 bridgehead atoms. The van der Waals surface area contributed by atoms with Gasteiger partial charge < -0.3 is 0 Å². The zero-order chi connectivity index (χ0) is 6.85. The van der Waals surface area contributed by atoms with E-state index in [1.807, 2.05) is 0 Å². The van der Waals surface area contributed by atoms with Crippen LogP contribution in [0.4, 0.5) is 0 Å². The zero-order valence-electron chi connectivity index (χ0n) is 4.89. The first kappa shape index (κ1) is 6.35. The maximum atomic E-state index is 10.7. The van der Waals surface area contributed by atoms with E-state index < -0.39 is 0 Å². The second kappa shape index (κ2) is 2.23. The quantitative estimate of drug-likeness (QED) is 0.472. The number of rotatable bonds is 0. The molecule has 1 rings (SSSR count). The summed E-state index contributed by atoms with van der Waals surface area (Å²) >= 11 is 5.19. The van der Waals surface area contributed by atoms with Crippen molar-refractivity contribution in [2.75, 3.05) is 13.6 Å². The van der Waals surface area contributed by atoms with Gasteiger partial charge in [-0.15, -0.1) is 0 Å². The van der Waals surface area contributed by atoms with Gasteiger partial charge in [0, 0.05) is 18.8 Å². The number of hydrogen-bond donors (Lipinski definition) is 1. The van der Waals surface area contributed by atoms with Gasteiger partial charge in [0.2, 0.25) is 5.96 Å². The fraction of sp³-hybridized carbons (Fsp3) is 0.500. The number of carbonyl (C=O) groups excluding carboxylic acids is 1. The van der Waals surface area contributed by atoms with Crippen molar-refractivity contribution in [2.24, 2.45) is 4.99 Å². The molecule has 0 fully saturated rings. The molecule has 1 amide bonds. The molecule has 50 valence electrons. The van der Waals surface area contributed by atoms with Gasteiger partial charge in [-0.3, -0.25) is 14.5 Å². The second-order valence-corrected chi connectivity index (χ2v) is 1.88. The molecule has 0 aromatic carbocycles. The highest BCUT2D eigenvalue weighted by molar-refractivity contribution is 6.24. The van der Waals surface area contributed by atoms with Crippen molar-refractivity contribution >= 4 is 23.6 Å². The number of amides is 1. The topological polar surface area (TPSA) is 44.7 Å². The van der Waals surface area contributed by atoms with Crippen molar-refractivity contribution in [2.45, 2.75) is 0 Å². The first-order valence-electron chi connectivity index (χ1n) is 2.43. The predicted molar refractivity (Wildman–Crippen MR) is 34.1 cm³/mol. The third-order valence-electron chi connectivity index (χ3n) is 1.14. The summed E-state index contributed by atoms with van der Waals surface area (Å²) in [5.41, 5.74) is 0. The minimum Gasteiger partial charge on any atom is -0.283 e. The van der Waals surface area contributed by atoms with Crippen LogP contribution in [-0.4, -0.2) is 30.4 Å². The molecule has 0 atom stereocenters. The van der Waals surface area contributed by atoms with Crippen LogP contribution in [0.2, 0.25) is 0 Å². The Labute approximate surface area is 57.6 Å². The van der Waals surface area contributed by atoms with Gasteiger partial charge in [-0.2, -0.15) is 0 Å². The second-order valence-electron chi connectivity index (χ2n) is 1.69. The van der Waals surface area contributed by atoms with Crippen molar-refractivity contribution in [3.8, 4) is 0 Å². The molecule has 0 spiro atoms. The highest BCUT2D eigenvalue weighted by Crippen LogP contribution is 1.96. The van der Waals surface area contributed by atoms with Crippen LogP contribution in [0.25, 0.3) is 0 Å². The number of nitrogens with zero attached hydrogens (tertiary/aromatic N) is 2. The minimum atomic E-state index is -0.0434. The number of halogens is 1. The van der Waals surface area contributed by atoms with Gasteiger partial charge in [0.05, 0.1) is 0 Å². The van der Waals surface area contributed by atoms with E-state index in [1.165, 1.54) is 4.90 Å². The molecule has 4 nitrogen and oxygen atoms in total. The van der Waals surface area contributed by atoms with Crippen molar-refractivity contribution in [3.05, 3.63) is 0 Å². The summed E-state index contributed by atoms with van der Waals surface area (Å²) in [5.74, 6) is 0.375. The largest absolute Gasteiger partial charge is 0.283 e. The highest BCUT2D eigenvalue weighted by atomic mass is 35.5. The molecule has 9 heavy (non-hydrogen) atoms. The number of likely N-dealkylation sites (N-methyl/N-ethyl adjacent to an activating group) is 1. The smallest absolute Gasteiger partial charge is 0.250 e. The SMILES string of the molecule is CN1C(=O)CN=C1NCl. The Morgan fingerprint density at radius 1 is 1.89 bits per heavy atom. The summed E-state index contributed by atoms with van der Waals surface area (Å²) in [4.78, 5) is 18.1. The summed E-state index contributed by atoms with van der Waals surface area (Å²) in [6.45, 7) is 0.200. The van der Waals surface area contributed by atoms with Crippen molar-refractivity contribution in [3.63, 3.8) is 0 Å². The van der Waals surface area contributed by atoms with Crippen molar-refractivity contribution < 1.29 is 4.79 Å². The maximum absolute atomic E-state index is 10.7. The van der Waals surface area contributed by atoms with Crippen LogP contribution in [0.15, 0.2) is 4.99 Å². The van der Waals surface area contributed by atoms with Gasteiger partial charge >= 0.3 is 0 Å². The molecule has 0 aliphatic carbocycles. The van der Waals surface area contributed by atoms with E-state index in [9.17, 15) is 4.79 Å². The third-order valence-corrected chi connectivity index (χ3v) is 1.31. The molecule has 0 saturated heterocycles. The van der Waals surface area contributed by atoms with E-state index in [2.05, 4.69) is 9.83 Å². The molecule has 0 unspecified atom stereocenters. The van der Waals surface area contributed by atoms with Gasteiger partial charge in [-0.1, -0.05) is 0 Å². The van der Waals surface area contributed by atoms with Gasteiger partial charge in [-0.05, 0) is 0 Å². The summed E-state index contributed by atoms with van der Waals surface area (Å²) in [7, 11) is 1.61. The Kier molecular flexibility index (Phi) is 1.57. The summed E-state index contributed by atoms with van der Waals surface area (Å²) in [6.07, 6.45) is 0. The number of carbonyl (C=O) groups is 1. The van der Waals surface area contributed by atoms with Crippen molar-refractivity contribution in [1.82, 2.24) is 9.74 Å². The van der Waals surface area contributed by atoms with Gasteiger partial charge in [-0.25, -0.2) is 4.99 Å². The molecule has 0 aromatic heterocycles. The lowest BCUT2D eigenvalue weighted by molar-refractivity contribution is -0.123. The lowest BCUT2D eigenvalue weighted by Gasteiger charge is -2.07.